The number of hydrogen-bond donors (Lipinski definition) is 0. The van der Waals surface area contributed by atoms with Crippen molar-refractivity contribution in [1.82, 2.24) is 4.31 Å². The molecule has 0 spiro atoms. The van der Waals surface area contributed by atoms with Crippen LogP contribution >= 0.6 is 0 Å². The number of fused-ring (bicyclic) bond motifs is 5. The van der Waals surface area contributed by atoms with Gasteiger partial charge in [-0.1, -0.05) is 48.5 Å². The first-order chi connectivity index (χ1) is 12.4. The Hall–Kier alpha value is -2.60. The maximum Gasteiger partial charge on any atom is 0.308 e. The van der Waals surface area contributed by atoms with Crippen molar-refractivity contribution >= 4 is 21.7 Å². The van der Waals surface area contributed by atoms with Gasteiger partial charge in [0.25, 0.3) is 10.0 Å². The molecular weight excluding hydrogens is 350 g/mol. The predicted molar refractivity (Wildman–Crippen MR) is 95.5 cm³/mol. The molecule has 132 valence electrons. The van der Waals surface area contributed by atoms with Crippen LogP contribution < -0.4 is 0 Å². The van der Waals surface area contributed by atoms with Gasteiger partial charge in [-0.15, -0.1) is 0 Å². The van der Waals surface area contributed by atoms with E-state index in [9.17, 15) is 13.2 Å². The molecule has 3 heterocycles. The third-order valence-corrected chi connectivity index (χ3v) is 7.56. The van der Waals surface area contributed by atoms with Gasteiger partial charge in [0.1, 0.15) is 5.60 Å². The summed E-state index contributed by atoms with van der Waals surface area (Å²) in [7, 11) is -3.70. The number of carbonyl (C=O) groups excluding carboxylic acids is 1. The first-order valence-corrected chi connectivity index (χ1v) is 9.99. The zero-order valence-corrected chi connectivity index (χ0v) is 14.9. The highest BCUT2D eigenvalue weighted by Crippen LogP contribution is 2.54. The lowest BCUT2D eigenvalue weighted by Crippen LogP contribution is -2.53. The molecule has 3 atom stereocenters. The molecule has 0 radical (unpaired) electrons. The SMILES string of the molecule is C[C@@]12OC(=O)CC1N1C(=CC2c2ccccc2)c2ccccc2S1(=O)=O. The molecule has 1 fully saturated rings. The molecule has 26 heavy (non-hydrogen) atoms. The zero-order valence-electron chi connectivity index (χ0n) is 14.1. The number of carbonyl (C=O) groups is 1. The molecule has 3 aliphatic heterocycles. The molecule has 5 nitrogen and oxygen atoms in total. The Balaban J connectivity index is 1.80. The van der Waals surface area contributed by atoms with E-state index in [0.29, 0.717) is 16.2 Å². The quantitative estimate of drug-likeness (QED) is 0.727. The average Bonchev–Trinajstić information content (AvgIpc) is 3.06. The van der Waals surface area contributed by atoms with Crippen molar-refractivity contribution in [3.05, 3.63) is 71.8 Å². The Morgan fingerprint density at radius 2 is 1.77 bits per heavy atom. The number of ether oxygens (including phenoxy) is 1. The highest BCUT2D eigenvalue weighted by atomic mass is 32.2. The Labute approximate surface area is 151 Å². The molecule has 0 N–H and O–H groups in total. The monoisotopic (exact) mass is 367 g/mol. The van der Waals surface area contributed by atoms with E-state index in [1.165, 1.54) is 4.31 Å². The summed E-state index contributed by atoms with van der Waals surface area (Å²) >= 11 is 0. The summed E-state index contributed by atoms with van der Waals surface area (Å²) in [4.78, 5) is 12.5. The second-order valence-electron chi connectivity index (χ2n) is 7.12. The highest BCUT2D eigenvalue weighted by molar-refractivity contribution is 7.90. The fourth-order valence-electron chi connectivity index (χ4n) is 4.47. The number of benzene rings is 2. The lowest BCUT2D eigenvalue weighted by atomic mass is 9.75. The van der Waals surface area contributed by atoms with Crippen molar-refractivity contribution in [3.63, 3.8) is 0 Å². The van der Waals surface area contributed by atoms with Crippen LogP contribution in [0.3, 0.4) is 0 Å². The van der Waals surface area contributed by atoms with E-state index in [2.05, 4.69) is 0 Å². The normalized spacial score (nSPS) is 30.9. The van der Waals surface area contributed by atoms with Crippen LogP contribution in [0.4, 0.5) is 0 Å². The van der Waals surface area contributed by atoms with Crippen LogP contribution in [-0.4, -0.2) is 30.3 Å². The summed E-state index contributed by atoms with van der Waals surface area (Å²) in [6.07, 6.45) is 2.00. The fraction of sp³-hybridized carbons (Fsp3) is 0.250. The maximum absolute atomic E-state index is 13.2. The van der Waals surface area contributed by atoms with Gasteiger partial charge in [-0.25, -0.2) is 8.42 Å². The van der Waals surface area contributed by atoms with Crippen molar-refractivity contribution in [2.24, 2.45) is 0 Å². The molecule has 1 saturated heterocycles. The first kappa shape index (κ1) is 15.6. The Morgan fingerprint density at radius 1 is 1.08 bits per heavy atom. The topological polar surface area (TPSA) is 63.7 Å². The lowest BCUT2D eigenvalue weighted by molar-refractivity contribution is -0.149. The van der Waals surface area contributed by atoms with Crippen molar-refractivity contribution in [2.45, 2.75) is 35.8 Å². The van der Waals surface area contributed by atoms with Crippen molar-refractivity contribution in [3.8, 4) is 0 Å². The Bertz CT molecular complexity index is 1060. The average molecular weight is 367 g/mol. The third kappa shape index (κ3) is 1.85. The first-order valence-electron chi connectivity index (χ1n) is 8.55. The highest BCUT2D eigenvalue weighted by Gasteiger charge is 2.61. The second kappa shape index (κ2) is 4.98. The smallest absolute Gasteiger partial charge is 0.308 e. The van der Waals surface area contributed by atoms with Gasteiger partial charge < -0.3 is 4.74 Å². The second-order valence-corrected chi connectivity index (χ2v) is 8.90. The van der Waals surface area contributed by atoms with E-state index in [4.69, 9.17) is 4.74 Å². The van der Waals surface area contributed by atoms with Gasteiger partial charge in [-0.05, 0) is 24.6 Å². The predicted octanol–water partition coefficient (Wildman–Crippen LogP) is 2.90. The molecule has 5 rings (SSSR count). The maximum atomic E-state index is 13.2. The molecule has 2 aromatic rings. The van der Waals surface area contributed by atoms with Crippen LogP contribution in [0, 0.1) is 0 Å². The number of rotatable bonds is 1. The summed E-state index contributed by atoms with van der Waals surface area (Å²) in [5.41, 5.74) is 1.41. The van der Waals surface area contributed by atoms with E-state index in [0.717, 1.165) is 5.56 Å². The van der Waals surface area contributed by atoms with Crippen LogP contribution in [0.5, 0.6) is 0 Å². The zero-order chi connectivity index (χ0) is 18.1. The van der Waals surface area contributed by atoms with Crippen LogP contribution in [0.1, 0.15) is 30.4 Å². The van der Waals surface area contributed by atoms with Crippen LogP contribution in [0.25, 0.3) is 5.70 Å². The fourth-order valence-corrected chi connectivity index (χ4v) is 6.42. The van der Waals surface area contributed by atoms with Crippen LogP contribution in [0.2, 0.25) is 0 Å². The van der Waals surface area contributed by atoms with Gasteiger partial charge in [0, 0.05) is 11.5 Å². The lowest BCUT2D eigenvalue weighted by Gasteiger charge is -2.44. The summed E-state index contributed by atoms with van der Waals surface area (Å²) in [6, 6.07) is 16.2. The van der Waals surface area contributed by atoms with E-state index >= 15 is 0 Å². The van der Waals surface area contributed by atoms with E-state index in [1.807, 2.05) is 55.5 Å². The molecule has 3 aliphatic rings. The minimum absolute atomic E-state index is 0.0599. The minimum Gasteiger partial charge on any atom is -0.456 e. The van der Waals surface area contributed by atoms with Crippen LogP contribution in [0.15, 0.2) is 65.6 Å². The number of sulfonamides is 1. The van der Waals surface area contributed by atoms with Crippen molar-refractivity contribution in [2.75, 3.05) is 0 Å². The molecule has 0 bridgehead atoms. The van der Waals surface area contributed by atoms with Gasteiger partial charge in [0.15, 0.2) is 0 Å². The third-order valence-electron chi connectivity index (χ3n) is 5.68. The number of esters is 1. The summed E-state index contributed by atoms with van der Waals surface area (Å²) in [5, 5.41) is 0. The van der Waals surface area contributed by atoms with E-state index in [-0.39, 0.29) is 18.3 Å². The number of nitrogens with zero attached hydrogens (tertiary/aromatic N) is 1. The molecular formula is C20H17NO4S. The van der Waals surface area contributed by atoms with Gasteiger partial charge in [0.2, 0.25) is 0 Å². The summed E-state index contributed by atoms with van der Waals surface area (Å²) < 4.78 is 33.5. The Kier molecular flexibility index (Phi) is 2.99. The molecule has 2 unspecified atom stereocenters. The van der Waals surface area contributed by atoms with Gasteiger partial charge in [-0.2, -0.15) is 0 Å². The minimum atomic E-state index is -3.70. The summed E-state index contributed by atoms with van der Waals surface area (Å²) in [6.45, 7) is 1.84. The molecule has 2 aromatic carbocycles. The van der Waals surface area contributed by atoms with Gasteiger partial charge >= 0.3 is 5.97 Å². The molecule has 0 saturated carbocycles. The number of hydrogen-bond acceptors (Lipinski definition) is 4. The molecule has 0 amide bonds. The largest absolute Gasteiger partial charge is 0.456 e. The van der Waals surface area contributed by atoms with E-state index < -0.39 is 21.7 Å². The molecule has 0 aromatic heterocycles. The van der Waals surface area contributed by atoms with Crippen molar-refractivity contribution < 1.29 is 17.9 Å². The molecule has 6 heteroatoms. The molecule has 0 aliphatic carbocycles. The summed E-state index contributed by atoms with van der Waals surface area (Å²) in [5.74, 6) is -0.577. The van der Waals surface area contributed by atoms with Crippen molar-refractivity contribution in [1.29, 1.82) is 0 Å². The van der Waals surface area contributed by atoms with Gasteiger partial charge in [0.05, 0.1) is 23.1 Å². The standard InChI is InChI=1S/C20H17NO4S/c1-20-15(13-7-3-2-4-8-13)11-16-14-9-5-6-10-17(14)26(23,24)21(16)18(20)12-19(22)25-20/h2-11,15,18H,12H2,1H3/t15?,18?,20-/m0/s1. The van der Waals surface area contributed by atoms with E-state index in [1.54, 1.807) is 12.1 Å². The Morgan fingerprint density at radius 3 is 2.54 bits per heavy atom. The van der Waals surface area contributed by atoms with Crippen LogP contribution in [-0.2, 0) is 19.6 Å². The van der Waals surface area contributed by atoms with Gasteiger partial charge in [-0.3, -0.25) is 9.10 Å².